The molecule has 3 amide bonds. The molecule has 2 aromatic rings. The van der Waals surface area contributed by atoms with E-state index >= 15 is 0 Å². The number of carbonyl (C=O) groups excluding carboxylic acids is 3. The van der Waals surface area contributed by atoms with E-state index in [1.807, 2.05) is 0 Å². The molecule has 2 saturated heterocycles. The van der Waals surface area contributed by atoms with Crippen molar-refractivity contribution < 1.29 is 19.1 Å². The number of nitrogens with zero attached hydrogens (tertiary/aromatic N) is 1. The van der Waals surface area contributed by atoms with E-state index in [1.54, 1.807) is 53.4 Å². The fourth-order valence-electron chi connectivity index (χ4n) is 4.30. The first kappa shape index (κ1) is 23.3. The summed E-state index contributed by atoms with van der Waals surface area (Å²) >= 11 is 6.11. The molecule has 2 fully saturated rings. The molecule has 33 heavy (non-hydrogen) atoms. The molecular weight excluding hydrogens is 442 g/mol. The van der Waals surface area contributed by atoms with Crippen LogP contribution in [0.4, 0.5) is 5.69 Å². The van der Waals surface area contributed by atoms with E-state index in [4.69, 9.17) is 16.3 Å². The number of anilines is 1. The van der Waals surface area contributed by atoms with Gasteiger partial charge in [-0.05, 0) is 56.0 Å². The lowest BCUT2D eigenvalue weighted by atomic mass is 9.96. The maximum atomic E-state index is 13.1. The molecule has 2 aliphatic heterocycles. The van der Waals surface area contributed by atoms with Gasteiger partial charge in [-0.1, -0.05) is 29.8 Å². The van der Waals surface area contributed by atoms with Crippen molar-refractivity contribution in [3.05, 3.63) is 64.7 Å². The second-order valence-electron chi connectivity index (χ2n) is 8.49. The van der Waals surface area contributed by atoms with Crippen LogP contribution in [0.2, 0.25) is 5.02 Å². The van der Waals surface area contributed by atoms with Gasteiger partial charge in [0.15, 0.2) is 0 Å². The summed E-state index contributed by atoms with van der Waals surface area (Å²) in [6.07, 6.45) is 3.63. The van der Waals surface area contributed by atoms with Crippen LogP contribution in [0.25, 0.3) is 0 Å². The molecule has 8 heteroatoms. The predicted octanol–water partition coefficient (Wildman–Crippen LogP) is 3.74. The average molecular weight is 470 g/mol. The lowest BCUT2D eigenvalue weighted by Crippen LogP contribution is -2.46. The van der Waals surface area contributed by atoms with E-state index in [-0.39, 0.29) is 29.7 Å². The van der Waals surface area contributed by atoms with Crippen molar-refractivity contribution in [1.82, 2.24) is 10.2 Å². The zero-order valence-corrected chi connectivity index (χ0v) is 19.1. The van der Waals surface area contributed by atoms with Gasteiger partial charge < -0.3 is 20.3 Å². The molecule has 2 heterocycles. The number of hydrogen-bond donors (Lipinski definition) is 2. The second kappa shape index (κ2) is 10.8. The van der Waals surface area contributed by atoms with E-state index < -0.39 is 0 Å². The summed E-state index contributed by atoms with van der Waals surface area (Å²) < 4.78 is 5.56. The van der Waals surface area contributed by atoms with Gasteiger partial charge in [0, 0.05) is 37.5 Å². The predicted molar refractivity (Wildman–Crippen MR) is 126 cm³/mol. The number of likely N-dealkylation sites (tertiary alicyclic amines) is 1. The molecule has 0 aliphatic carbocycles. The molecule has 2 aliphatic rings. The minimum Gasteiger partial charge on any atom is -0.376 e. The number of amides is 3. The highest BCUT2D eigenvalue weighted by Gasteiger charge is 2.29. The number of rotatable bonds is 6. The first-order valence-electron chi connectivity index (χ1n) is 11.4. The Morgan fingerprint density at radius 3 is 2.70 bits per heavy atom. The Kier molecular flexibility index (Phi) is 7.62. The van der Waals surface area contributed by atoms with Gasteiger partial charge in [0.25, 0.3) is 11.8 Å². The average Bonchev–Trinajstić information content (AvgIpc) is 3.36. The molecule has 2 N–H and O–H groups in total. The van der Waals surface area contributed by atoms with Gasteiger partial charge in [0.1, 0.15) is 0 Å². The summed E-state index contributed by atoms with van der Waals surface area (Å²) in [4.78, 5) is 40.0. The first-order valence-corrected chi connectivity index (χ1v) is 11.7. The fourth-order valence-corrected chi connectivity index (χ4v) is 4.52. The van der Waals surface area contributed by atoms with E-state index in [0.29, 0.717) is 41.5 Å². The highest BCUT2D eigenvalue weighted by Crippen LogP contribution is 2.22. The van der Waals surface area contributed by atoms with Crippen molar-refractivity contribution in [2.24, 2.45) is 5.92 Å². The number of benzene rings is 2. The molecule has 7 nitrogen and oxygen atoms in total. The normalized spacial score (nSPS) is 20.3. The van der Waals surface area contributed by atoms with Crippen LogP contribution in [0.3, 0.4) is 0 Å². The standard InChI is InChI=1S/C25H28ClN3O4/c26-22-11-2-1-10-21(22)24(31)28-19-8-3-6-17(14-19)25(32)29-12-4-7-18(16-29)23(30)27-15-20-9-5-13-33-20/h1-3,6,8,10-11,14,18,20H,4-5,7,9,12-13,15-16H2,(H,27,30)(H,28,31)/t18-,20-/m1/s1. The number of ether oxygens (including phenoxy) is 1. The molecular formula is C25H28ClN3O4. The van der Waals surface area contributed by atoms with Crippen LogP contribution >= 0.6 is 11.6 Å². The van der Waals surface area contributed by atoms with Gasteiger partial charge >= 0.3 is 0 Å². The van der Waals surface area contributed by atoms with E-state index in [0.717, 1.165) is 32.3 Å². The Morgan fingerprint density at radius 1 is 1.06 bits per heavy atom. The van der Waals surface area contributed by atoms with Gasteiger partial charge in [0.2, 0.25) is 5.91 Å². The summed E-state index contributed by atoms with van der Waals surface area (Å²) in [6, 6.07) is 13.6. The minimum absolute atomic E-state index is 0.0243. The van der Waals surface area contributed by atoms with Crippen molar-refractivity contribution in [2.75, 3.05) is 31.6 Å². The number of halogens is 1. The van der Waals surface area contributed by atoms with E-state index in [2.05, 4.69) is 10.6 Å². The molecule has 0 aromatic heterocycles. The SMILES string of the molecule is O=C(Nc1cccc(C(=O)N2CCC[C@@H](C(=O)NC[C@H]3CCCO3)C2)c1)c1ccccc1Cl. The third kappa shape index (κ3) is 5.92. The van der Waals surface area contributed by atoms with E-state index in [9.17, 15) is 14.4 Å². The largest absolute Gasteiger partial charge is 0.376 e. The summed E-state index contributed by atoms with van der Waals surface area (Å²) in [5, 5.41) is 6.14. The number of hydrogen-bond acceptors (Lipinski definition) is 4. The summed E-state index contributed by atoms with van der Waals surface area (Å²) in [5.41, 5.74) is 1.34. The van der Waals surface area contributed by atoms with Gasteiger partial charge in [-0.3, -0.25) is 14.4 Å². The summed E-state index contributed by atoms with van der Waals surface area (Å²) in [7, 11) is 0. The van der Waals surface area contributed by atoms with Gasteiger partial charge in [-0.15, -0.1) is 0 Å². The number of nitrogens with one attached hydrogen (secondary N) is 2. The van der Waals surface area contributed by atoms with Crippen molar-refractivity contribution in [2.45, 2.75) is 31.8 Å². The quantitative estimate of drug-likeness (QED) is 0.674. The molecule has 2 atom stereocenters. The minimum atomic E-state index is -0.342. The molecule has 0 unspecified atom stereocenters. The van der Waals surface area contributed by atoms with E-state index in [1.165, 1.54) is 0 Å². The molecule has 0 spiro atoms. The Morgan fingerprint density at radius 2 is 1.91 bits per heavy atom. The van der Waals surface area contributed by atoms with Crippen LogP contribution in [0.15, 0.2) is 48.5 Å². The van der Waals surface area contributed by atoms with Gasteiger partial charge in [0.05, 0.1) is 22.6 Å². The Balaban J connectivity index is 1.36. The maximum Gasteiger partial charge on any atom is 0.257 e. The molecule has 4 rings (SSSR count). The smallest absolute Gasteiger partial charge is 0.257 e. The summed E-state index contributed by atoms with van der Waals surface area (Å²) in [5.74, 6) is -0.748. The Labute approximate surface area is 198 Å². The van der Waals surface area contributed by atoms with Crippen LogP contribution in [0.5, 0.6) is 0 Å². The fraction of sp³-hybridized carbons (Fsp3) is 0.400. The van der Waals surface area contributed by atoms with Crippen molar-refractivity contribution in [1.29, 1.82) is 0 Å². The van der Waals surface area contributed by atoms with Crippen LogP contribution in [-0.4, -0.2) is 55.0 Å². The van der Waals surface area contributed by atoms with Crippen LogP contribution < -0.4 is 10.6 Å². The number of carbonyl (C=O) groups is 3. The Hall–Kier alpha value is -2.90. The first-order chi connectivity index (χ1) is 16.0. The second-order valence-corrected chi connectivity index (χ2v) is 8.89. The zero-order chi connectivity index (χ0) is 23.2. The third-order valence-electron chi connectivity index (χ3n) is 6.09. The van der Waals surface area contributed by atoms with Crippen molar-refractivity contribution in [3.63, 3.8) is 0 Å². The monoisotopic (exact) mass is 469 g/mol. The highest BCUT2D eigenvalue weighted by molar-refractivity contribution is 6.34. The van der Waals surface area contributed by atoms with Crippen LogP contribution in [0, 0.1) is 5.92 Å². The van der Waals surface area contributed by atoms with Crippen molar-refractivity contribution in [3.8, 4) is 0 Å². The highest BCUT2D eigenvalue weighted by atomic mass is 35.5. The third-order valence-corrected chi connectivity index (χ3v) is 6.42. The Bertz CT molecular complexity index is 1020. The molecule has 174 valence electrons. The zero-order valence-electron chi connectivity index (χ0n) is 18.4. The molecule has 0 saturated carbocycles. The summed E-state index contributed by atoms with van der Waals surface area (Å²) in [6.45, 7) is 2.26. The maximum absolute atomic E-state index is 13.1. The van der Waals surface area contributed by atoms with Crippen LogP contribution in [0.1, 0.15) is 46.4 Å². The van der Waals surface area contributed by atoms with Crippen LogP contribution in [-0.2, 0) is 9.53 Å². The molecule has 0 bridgehead atoms. The lowest BCUT2D eigenvalue weighted by molar-refractivity contribution is -0.126. The molecule has 0 radical (unpaired) electrons. The van der Waals surface area contributed by atoms with Gasteiger partial charge in [-0.25, -0.2) is 0 Å². The number of piperidine rings is 1. The molecule has 2 aromatic carbocycles. The topological polar surface area (TPSA) is 87.7 Å². The van der Waals surface area contributed by atoms with Crippen molar-refractivity contribution >= 4 is 35.0 Å². The lowest BCUT2D eigenvalue weighted by Gasteiger charge is -2.32. The van der Waals surface area contributed by atoms with Gasteiger partial charge in [-0.2, -0.15) is 0 Å².